The Bertz CT molecular complexity index is 1020. The molecular weight excluding hydrogens is 389 g/mol. The number of thiophene rings is 1. The predicted molar refractivity (Wildman–Crippen MR) is 100 cm³/mol. The average Bonchev–Trinajstić information content (AvgIpc) is 3.21. The van der Waals surface area contributed by atoms with E-state index in [2.05, 4.69) is 11.4 Å². The molecule has 3 rings (SSSR count). The summed E-state index contributed by atoms with van der Waals surface area (Å²) in [5.74, 6) is -0.993. The molecule has 0 aliphatic carbocycles. The van der Waals surface area contributed by atoms with Gasteiger partial charge in [-0.05, 0) is 56.5 Å². The molecule has 0 radical (unpaired) electrons. The van der Waals surface area contributed by atoms with Gasteiger partial charge >= 0.3 is 0 Å². The van der Waals surface area contributed by atoms with Gasteiger partial charge in [0.15, 0.2) is 0 Å². The first kappa shape index (κ1) is 19.5. The quantitative estimate of drug-likeness (QED) is 0.843. The lowest BCUT2D eigenvalue weighted by Gasteiger charge is -2.23. The molecule has 1 aliphatic heterocycles. The Balaban J connectivity index is 1.86. The monoisotopic (exact) mass is 407 g/mol. The number of carbonyl (C=O) groups excluding carboxylic acids is 1. The van der Waals surface area contributed by atoms with Crippen molar-refractivity contribution in [2.75, 3.05) is 11.9 Å². The van der Waals surface area contributed by atoms with Crippen molar-refractivity contribution in [3.63, 3.8) is 0 Å². The molecule has 6 nitrogen and oxygen atoms in total. The van der Waals surface area contributed by atoms with Gasteiger partial charge in [0.1, 0.15) is 22.9 Å². The second kappa shape index (κ2) is 7.38. The van der Waals surface area contributed by atoms with Crippen LogP contribution in [0.3, 0.4) is 0 Å². The van der Waals surface area contributed by atoms with Crippen molar-refractivity contribution in [2.45, 2.75) is 37.6 Å². The highest BCUT2D eigenvalue weighted by atomic mass is 32.2. The van der Waals surface area contributed by atoms with Gasteiger partial charge in [-0.2, -0.15) is 9.57 Å². The molecule has 1 saturated heterocycles. The molecule has 142 valence electrons. The van der Waals surface area contributed by atoms with Crippen molar-refractivity contribution in [3.05, 3.63) is 46.1 Å². The molecule has 1 aliphatic rings. The maximum atomic E-state index is 13.1. The van der Waals surface area contributed by atoms with E-state index in [1.807, 2.05) is 6.92 Å². The predicted octanol–water partition coefficient (Wildman–Crippen LogP) is 3.17. The van der Waals surface area contributed by atoms with Crippen LogP contribution in [0.5, 0.6) is 0 Å². The van der Waals surface area contributed by atoms with Crippen LogP contribution in [0.1, 0.15) is 28.8 Å². The summed E-state index contributed by atoms with van der Waals surface area (Å²) in [4.78, 5) is 13.6. The number of amides is 1. The molecule has 1 aromatic carbocycles. The lowest BCUT2D eigenvalue weighted by Crippen LogP contribution is -2.43. The van der Waals surface area contributed by atoms with Crippen LogP contribution in [0.4, 0.5) is 9.39 Å². The van der Waals surface area contributed by atoms with Gasteiger partial charge in [-0.15, -0.1) is 11.3 Å². The first-order valence-electron chi connectivity index (χ1n) is 8.34. The van der Waals surface area contributed by atoms with Gasteiger partial charge < -0.3 is 5.32 Å². The maximum Gasteiger partial charge on any atom is 0.243 e. The van der Waals surface area contributed by atoms with Gasteiger partial charge in [-0.1, -0.05) is 0 Å². The SMILES string of the molecule is Cc1sc(NC(=O)C2CCCN2S(=O)(=O)c2ccc(F)cc2)c(C#N)c1C. The molecule has 2 heterocycles. The average molecular weight is 407 g/mol. The van der Waals surface area contributed by atoms with Crippen LogP contribution in [-0.2, 0) is 14.8 Å². The van der Waals surface area contributed by atoms with Crippen LogP contribution < -0.4 is 5.32 Å². The van der Waals surface area contributed by atoms with E-state index in [1.54, 1.807) is 6.92 Å². The third kappa shape index (κ3) is 3.60. The Morgan fingerprint density at radius 2 is 2.00 bits per heavy atom. The smallest absolute Gasteiger partial charge is 0.243 e. The summed E-state index contributed by atoms with van der Waals surface area (Å²) in [5, 5.41) is 12.5. The molecular formula is C18H18FN3O3S2. The Hall–Kier alpha value is -2.28. The van der Waals surface area contributed by atoms with Gasteiger partial charge in [0.05, 0.1) is 10.5 Å². The minimum atomic E-state index is -3.92. The maximum absolute atomic E-state index is 13.1. The normalized spacial score (nSPS) is 17.6. The number of carbonyl (C=O) groups is 1. The first-order chi connectivity index (χ1) is 12.8. The van der Waals surface area contributed by atoms with Crippen molar-refractivity contribution in [1.29, 1.82) is 5.26 Å². The van der Waals surface area contributed by atoms with E-state index in [0.717, 1.165) is 26.9 Å². The summed E-state index contributed by atoms with van der Waals surface area (Å²) >= 11 is 1.30. The number of benzene rings is 1. The fourth-order valence-corrected chi connectivity index (χ4v) is 5.75. The number of anilines is 1. The van der Waals surface area contributed by atoms with Gasteiger partial charge in [0.25, 0.3) is 0 Å². The Morgan fingerprint density at radius 1 is 1.33 bits per heavy atom. The van der Waals surface area contributed by atoms with Gasteiger partial charge in [0, 0.05) is 11.4 Å². The molecule has 1 fully saturated rings. The third-order valence-corrected chi connectivity index (χ3v) is 7.71. The number of nitriles is 1. The van der Waals surface area contributed by atoms with Gasteiger partial charge in [-0.25, -0.2) is 12.8 Å². The van der Waals surface area contributed by atoms with Crippen LogP contribution in [0.25, 0.3) is 0 Å². The Morgan fingerprint density at radius 3 is 2.63 bits per heavy atom. The van der Waals surface area contributed by atoms with Crippen LogP contribution in [0, 0.1) is 31.0 Å². The van der Waals surface area contributed by atoms with Crippen molar-refractivity contribution < 1.29 is 17.6 Å². The number of nitrogens with zero attached hydrogens (tertiary/aromatic N) is 2. The highest BCUT2D eigenvalue weighted by Gasteiger charge is 2.39. The van der Waals surface area contributed by atoms with Crippen molar-refractivity contribution in [2.24, 2.45) is 0 Å². The molecule has 2 aromatic rings. The molecule has 0 spiro atoms. The zero-order valence-electron chi connectivity index (χ0n) is 14.8. The van der Waals surface area contributed by atoms with Crippen molar-refractivity contribution in [1.82, 2.24) is 4.31 Å². The molecule has 1 unspecified atom stereocenters. The minimum absolute atomic E-state index is 0.0517. The molecule has 1 aromatic heterocycles. The lowest BCUT2D eigenvalue weighted by atomic mass is 10.2. The number of rotatable bonds is 4. The lowest BCUT2D eigenvalue weighted by molar-refractivity contribution is -0.119. The van der Waals surface area contributed by atoms with Crippen LogP contribution in [-0.4, -0.2) is 31.2 Å². The number of sulfonamides is 1. The van der Waals surface area contributed by atoms with Crippen LogP contribution in [0.15, 0.2) is 29.2 Å². The molecule has 0 bridgehead atoms. The van der Waals surface area contributed by atoms with Crippen LogP contribution >= 0.6 is 11.3 Å². The van der Waals surface area contributed by atoms with E-state index in [9.17, 15) is 22.9 Å². The van der Waals surface area contributed by atoms with E-state index in [4.69, 9.17) is 0 Å². The zero-order valence-corrected chi connectivity index (χ0v) is 16.5. The molecule has 1 amide bonds. The van der Waals surface area contributed by atoms with Crippen LogP contribution in [0.2, 0.25) is 0 Å². The largest absolute Gasteiger partial charge is 0.315 e. The minimum Gasteiger partial charge on any atom is -0.315 e. The summed E-state index contributed by atoms with van der Waals surface area (Å²) in [6.07, 6.45) is 0.934. The van der Waals surface area contributed by atoms with E-state index < -0.39 is 27.8 Å². The summed E-state index contributed by atoms with van der Waals surface area (Å²) in [5.41, 5.74) is 1.21. The standard InChI is InChI=1S/C18H18FN3O3S2/c1-11-12(2)26-18(15(11)10-20)21-17(23)16-4-3-9-22(16)27(24,25)14-7-5-13(19)6-8-14/h5-8,16H,3-4,9H2,1-2H3,(H,21,23). The molecule has 1 N–H and O–H groups in total. The summed E-state index contributed by atoms with van der Waals surface area (Å²) < 4.78 is 40.0. The molecule has 0 saturated carbocycles. The third-order valence-electron chi connectivity index (χ3n) is 4.66. The van der Waals surface area contributed by atoms with E-state index in [0.29, 0.717) is 23.4 Å². The Labute approximate surface area is 161 Å². The highest BCUT2D eigenvalue weighted by Crippen LogP contribution is 2.33. The summed E-state index contributed by atoms with van der Waals surface area (Å²) in [7, 11) is -3.92. The first-order valence-corrected chi connectivity index (χ1v) is 10.6. The second-order valence-corrected chi connectivity index (χ2v) is 9.43. The number of nitrogens with one attached hydrogen (secondary N) is 1. The summed E-state index contributed by atoms with van der Waals surface area (Å²) in [6.45, 7) is 3.88. The number of aryl methyl sites for hydroxylation is 1. The number of hydrogen-bond acceptors (Lipinski definition) is 5. The topological polar surface area (TPSA) is 90.3 Å². The summed E-state index contributed by atoms with van der Waals surface area (Å²) in [6, 6.07) is 5.76. The van der Waals surface area contributed by atoms with Crippen molar-refractivity contribution >= 4 is 32.3 Å². The molecule has 27 heavy (non-hydrogen) atoms. The fraction of sp³-hybridized carbons (Fsp3) is 0.333. The van der Waals surface area contributed by atoms with Gasteiger partial charge in [-0.3, -0.25) is 4.79 Å². The fourth-order valence-electron chi connectivity index (χ4n) is 3.08. The number of halogens is 1. The zero-order chi connectivity index (χ0) is 19.8. The molecule has 9 heteroatoms. The van der Waals surface area contributed by atoms with Gasteiger partial charge in [0.2, 0.25) is 15.9 Å². The van der Waals surface area contributed by atoms with E-state index >= 15 is 0 Å². The van der Waals surface area contributed by atoms with E-state index in [-0.39, 0.29) is 11.4 Å². The second-order valence-electron chi connectivity index (χ2n) is 6.32. The van der Waals surface area contributed by atoms with E-state index in [1.165, 1.54) is 23.5 Å². The molecule has 1 atom stereocenters. The van der Waals surface area contributed by atoms with Crippen molar-refractivity contribution in [3.8, 4) is 6.07 Å². The Kier molecular flexibility index (Phi) is 5.33. The highest BCUT2D eigenvalue weighted by molar-refractivity contribution is 7.89. The number of hydrogen-bond donors (Lipinski definition) is 1.